The van der Waals surface area contributed by atoms with E-state index in [0.29, 0.717) is 13.1 Å². The number of likely N-dealkylation sites (N-methyl/N-ethyl adjacent to an activating group) is 1. The molecule has 0 aliphatic carbocycles. The quantitative estimate of drug-likeness (QED) is 0.655. The van der Waals surface area contributed by atoms with Crippen LogP contribution < -0.4 is 10.6 Å². The number of fused-ring (bicyclic) bond motifs is 1. The standard InChI is InChI=1S/C18H23N5O2/c1-22(2)7-6-19-18(24)13-23-12-16(11-21-23)20-10-14-3-4-17-15(9-14)5-8-25-17/h3-5,8-9,11-12,20H,6-7,10,13H2,1-2H3,(H,19,24). The smallest absolute Gasteiger partial charge is 0.241 e. The molecule has 3 aromatic rings. The number of amides is 1. The number of aromatic nitrogens is 2. The summed E-state index contributed by atoms with van der Waals surface area (Å²) in [7, 11) is 3.95. The monoisotopic (exact) mass is 341 g/mol. The van der Waals surface area contributed by atoms with Crippen molar-refractivity contribution in [2.75, 3.05) is 32.5 Å². The molecule has 0 unspecified atom stereocenters. The molecule has 7 nitrogen and oxygen atoms in total. The fourth-order valence-corrected chi connectivity index (χ4v) is 2.49. The zero-order chi connectivity index (χ0) is 17.6. The zero-order valence-electron chi connectivity index (χ0n) is 14.5. The Hall–Kier alpha value is -2.80. The first kappa shape index (κ1) is 17.0. The van der Waals surface area contributed by atoms with Crippen molar-refractivity contribution in [3.63, 3.8) is 0 Å². The van der Waals surface area contributed by atoms with Gasteiger partial charge in [0, 0.05) is 31.2 Å². The van der Waals surface area contributed by atoms with Gasteiger partial charge >= 0.3 is 0 Å². The Labute approximate surface area is 146 Å². The van der Waals surface area contributed by atoms with Gasteiger partial charge in [-0.3, -0.25) is 9.48 Å². The van der Waals surface area contributed by atoms with Crippen molar-refractivity contribution in [3.8, 4) is 0 Å². The predicted octanol–water partition coefficient (Wildman–Crippen LogP) is 1.92. The van der Waals surface area contributed by atoms with Crippen LogP contribution in [0.2, 0.25) is 0 Å². The highest BCUT2D eigenvalue weighted by atomic mass is 16.3. The number of carbonyl (C=O) groups excluding carboxylic acids is 1. The van der Waals surface area contributed by atoms with Crippen LogP contribution >= 0.6 is 0 Å². The molecule has 0 fully saturated rings. The molecule has 2 N–H and O–H groups in total. The van der Waals surface area contributed by atoms with E-state index in [4.69, 9.17) is 4.42 Å². The second-order valence-electron chi connectivity index (χ2n) is 6.23. The number of carbonyl (C=O) groups is 1. The molecule has 0 bridgehead atoms. The number of benzene rings is 1. The van der Waals surface area contributed by atoms with Gasteiger partial charge in [-0.25, -0.2) is 0 Å². The molecule has 1 aromatic carbocycles. The highest BCUT2D eigenvalue weighted by Crippen LogP contribution is 2.17. The van der Waals surface area contributed by atoms with Crippen LogP contribution in [0.1, 0.15) is 5.56 Å². The molecule has 0 radical (unpaired) electrons. The number of hydrogen-bond acceptors (Lipinski definition) is 5. The molecule has 0 aliphatic rings. The lowest BCUT2D eigenvalue weighted by molar-refractivity contribution is -0.121. The maximum atomic E-state index is 11.9. The third kappa shape index (κ3) is 4.84. The summed E-state index contributed by atoms with van der Waals surface area (Å²) >= 11 is 0. The molecule has 25 heavy (non-hydrogen) atoms. The van der Waals surface area contributed by atoms with Gasteiger partial charge in [-0.05, 0) is 37.9 Å². The minimum atomic E-state index is -0.0399. The van der Waals surface area contributed by atoms with Gasteiger partial charge < -0.3 is 20.0 Å². The second-order valence-corrected chi connectivity index (χ2v) is 6.23. The topological polar surface area (TPSA) is 75.3 Å². The van der Waals surface area contributed by atoms with Crippen LogP contribution in [0.3, 0.4) is 0 Å². The first-order valence-corrected chi connectivity index (χ1v) is 8.24. The molecule has 1 amide bonds. The molecular weight excluding hydrogens is 318 g/mol. The lowest BCUT2D eigenvalue weighted by atomic mass is 10.1. The van der Waals surface area contributed by atoms with Crippen LogP contribution in [0.4, 0.5) is 5.69 Å². The Kier molecular flexibility index (Phi) is 5.35. The van der Waals surface area contributed by atoms with E-state index in [1.807, 2.05) is 43.4 Å². The Morgan fingerprint density at radius 3 is 3.04 bits per heavy atom. The molecular formula is C18H23N5O2. The highest BCUT2D eigenvalue weighted by Gasteiger charge is 2.05. The van der Waals surface area contributed by atoms with Crippen LogP contribution in [0.25, 0.3) is 11.0 Å². The summed E-state index contributed by atoms with van der Waals surface area (Å²) in [5.74, 6) is -0.0399. The third-order valence-corrected chi connectivity index (χ3v) is 3.83. The number of furan rings is 1. The van der Waals surface area contributed by atoms with E-state index in [9.17, 15) is 4.79 Å². The van der Waals surface area contributed by atoms with Crippen molar-refractivity contribution in [2.24, 2.45) is 0 Å². The van der Waals surface area contributed by atoms with E-state index in [2.05, 4.69) is 21.8 Å². The lowest BCUT2D eigenvalue weighted by Crippen LogP contribution is -2.33. The van der Waals surface area contributed by atoms with Gasteiger partial charge in [0.2, 0.25) is 5.91 Å². The first-order valence-electron chi connectivity index (χ1n) is 8.24. The normalized spacial score (nSPS) is 11.2. The molecule has 0 atom stereocenters. The number of nitrogens with zero attached hydrogens (tertiary/aromatic N) is 3. The molecule has 0 spiro atoms. The van der Waals surface area contributed by atoms with Crippen LogP contribution in [-0.2, 0) is 17.9 Å². The van der Waals surface area contributed by atoms with Gasteiger partial charge in [-0.2, -0.15) is 5.10 Å². The molecule has 0 saturated carbocycles. The van der Waals surface area contributed by atoms with Crippen molar-refractivity contribution < 1.29 is 9.21 Å². The van der Waals surface area contributed by atoms with Crippen molar-refractivity contribution in [1.82, 2.24) is 20.0 Å². The Morgan fingerprint density at radius 2 is 2.20 bits per heavy atom. The largest absolute Gasteiger partial charge is 0.464 e. The van der Waals surface area contributed by atoms with E-state index in [-0.39, 0.29) is 12.5 Å². The summed E-state index contributed by atoms with van der Waals surface area (Å²) in [6, 6.07) is 8.04. The van der Waals surface area contributed by atoms with Crippen LogP contribution in [0.5, 0.6) is 0 Å². The molecule has 2 heterocycles. The fraction of sp³-hybridized carbons (Fsp3) is 0.333. The number of nitrogens with one attached hydrogen (secondary N) is 2. The minimum Gasteiger partial charge on any atom is -0.464 e. The molecule has 132 valence electrons. The maximum Gasteiger partial charge on any atom is 0.241 e. The average Bonchev–Trinajstić information content (AvgIpc) is 3.21. The van der Waals surface area contributed by atoms with Crippen molar-refractivity contribution in [1.29, 1.82) is 0 Å². The average molecular weight is 341 g/mol. The first-order chi connectivity index (χ1) is 12.1. The summed E-state index contributed by atoms with van der Waals surface area (Å²) in [5.41, 5.74) is 2.92. The van der Waals surface area contributed by atoms with Gasteiger partial charge in [0.05, 0.1) is 18.1 Å². The molecule has 0 saturated heterocycles. The third-order valence-electron chi connectivity index (χ3n) is 3.83. The number of rotatable bonds is 8. The van der Waals surface area contributed by atoms with E-state index < -0.39 is 0 Å². The zero-order valence-corrected chi connectivity index (χ0v) is 14.5. The van der Waals surface area contributed by atoms with E-state index in [1.54, 1.807) is 17.1 Å². The predicted molar refractivity (Wildman–Crippen MR) is 97.3 cm³/mol. The molecule has 2 aromatic heterocycles. The van der Waals surface area contributed by atoms with Gasteiger partial charge in [0.15, 0.2) is 0 Å². The van der Waals surface area contributed by atoms with Crippen molar-refractivity contribution in [3.05, 3.63) is 48.5 Å². The van der Waals surface area contributed by atoms with Gasteiger partial charge in [0.1, 0.15) is 12.1 Å². The summed E-state index contributed by atoms with van der Waals surface area (Å²) in [4.78, 5) is 13.9. The minimum absolute atomic E-state index is 0.0399. The van der Waals surface area contributed by atoms with E-state index >= 15 is 0 Å². The van der Waals surface area contributed by atoms with E-state index in [0.717, 1.165) is 28.8 Å². The Bertz CT molecular complexity index is 837. The SMILES string of the molecule is CN(C)CCNC(=O)Cn1cc(NCc2ccc3occc3c2)cn1. The van der Waals surface area contributed by atoms with E-state index in [1.165, 1.54) is 0 Å². The number of hydrogen-bond donors (Lipinski definition) is 2. The van der Waals surface area contributed by atoms with Gasteiger partial charge in [-0.15, -0.1) is 0 Å². The van der Waals surface area contributed by atoms with Crippen LogP contribution in [-0.4, -0.2) is 47.8 Å². The lowest BCUT2D eigenvalue weighted by Gasteiger charge is -2.10. The van der Waals surface area contributed by atoms with Gasteiger partial charge in [-0.1, -0.05) is 6.07 Å². The Balaban J connectivity index is 1.48. The summed E-state index contributed by atoms with van der Waals surface area (Å²) in [6.07, 6.45) is 5.25. The molecule has 3 rings (SSSR count). The Morgan fingerprint density at radius 1 is 1.32 bits per heavy atom. The number of anilines is 1. The molecule has 7 heteroatoms. The van der Waals surface area contributed by atoms with Crippen LogP contribution in [0.15, 0.2) is 47.3 Å². The highest BCUT2D eigenvalue weighted by molar-refractivity contribution is 5.77. The maximum absolute atomic E-state index is 11.9. The van der Waals surface area contributed by atoms with Crippen LogP contribution in [0, 0.1) is 0 Å². The fourth-order valence-electron chi connectivity index (χ4n) is 2.49. The second kappa shape index (κ2) is 7.85. The summed E-state index contributed by atoms with van der Waals surface area (Å²) < 4.78 is 6.97. The summed E-state index contributed by atoms with van der Waals surface area (Å²) in [5, 5.41) is 11.5. The molecule has 0 aliphatic heterocycles. The van der Waals surface area contributed by atoms with Crippen molar-refractivity contribution >= 4 is 22.6 Å². The van der Waals surface area contributed by atoms with Crippen molar-refractivity contribution in [2.45, 2.75) is 13.1 Å². The van der Waals surface area contributed by atoms with Gasteiger partial charge in [0.25, 0.3) is 0 Å². The summed E-state index contributed by atoms with van der Waals surface area (Å²) in [6.45, 7) is 2.35.